The molecule has 2 rings (SSSR count). The van der Waals surface area contributed by atoms with Gasteiger partial charge in [0.15, 0.2) is 5.69 Å². The minimum absolute atomic E-state index is 0.223. The SMILES string of the molecule is CCOC(=O)c1n[nH]nc1-c1ccccc1C. The number of ether oxygens (including phenoxy) is 1. The number of H-pyrrole nitrogens is 1. The molecule has 2 aromatic rings. The van der Waals surface area contributed by atoms with Gasteiger partial charge in [0.25, 0.3) is 0 Å². The fourth-order valence-electron chi connectivity index (χ4n) is 1.60. The molecule has 0 amide bonds. The lowest BCUT2D eigenvalue weighted by Crippen LogP contribution is -2.07. The Bertz CT molecular complexity index is 534. The molecule has 0 radical (unpaired) electrons. The number of aromatic nitrogens is 3. The van der Waals surface area contributed by atoms with Gasteiger partial charge in [-0.25, -0.2) is 4.79 Å². The molecule has 0 aliphatic heterocycles. The van der Waals surface area contributed by atoms with Gasteiger partial charge in [-0.15, -0.1) is 5.10 Å². The maximum absolute atomic E-state index is 11.7. The first-order valence-corrected chi connectivity index (χ1v) is 5.38. The summed E-state index contributed by atoms with van der Waals surface area (Å²) >= 11 is 0. The molecule has 0 unspecified atom stereocenters. The summed E-state index contributed by atoms with van der Waals surface area (Å²) < 4.78 is 4.93. The number of hydrogen-bond acceptors (Lipinski definition) is 4. The zero-order valence-corrected chi connectivity index (χ0v) is 9.73. The van der Waals surface area contributed by atoms with Crippen LogP contribution in [0, 0.1) is 6.92 Å². The van der Waals surface area contributed by atoms with Crippen LogP contribution >= 0.6 is 0 Å². The predicted octanol–water partition coefficient (Wildman–Crippen LogP) is 1.96. The Morgan fingerprint density at radius 3 is 2.82 bits per heavy atom. The summed E-state index contributed by atoms with van der Waals surface area (Å²) in [5, 5.41) is 10.3. The highest BCUT2D eigenvalue weighted by atomic mass is 16.5. The van der Waals surface area contributed by atoms with E-state index in [4.69, 9.17) is 4.74 Å². The molecular formula is C12H13N3O2. The first kappa shape index (κ1) is 11.3. The normalized spacial score (nSPS) is 10.2. The van der Waals surface area contributed by atoms with Crippen LogP contribution in [0.5, 0.6) is 0 Å². The summed E-state index contributed by atoms with van der Waals surface area (Å²) in [5.74, 6) is -0.459. The third-order valence-corrected chi connectivity index (χ3v) is 2.42. The van der Waals surface area contributed by atoms with Crippen LogP contribution in [0.25, 0.3) is 11.3 Å². The van der Waals surface area contributed by atoms with E-state index >= 15 is 0 Å². The minimum atomic E-state index is -0.459. The Morgan fingerprint density at radius 2 is 2.12 bits per heavy atom. The molecule has 1 N–H and O–H groups in total. The molecule has 1 aromatic heterocycles. The van der Waals surface area contributed by atoms with E-state index in [1.807, 2.05) is 31.2 Å². The van der Waals surface area contributed by atoms with E-state index in [0.717, 1.165) is 11.1 Å². The van der Waals surface area contributed by atoms with E-state index in [2.05, 4.69) is 15.4 Å². The molecule has 5 nitrogen and oxygen atoms in total. The lowest BCUT2D eigenvalue weighted by atomic mass is 10.0. The maximum Gasteiger partial charge on any atom is 0.361 e. The van der Waals surface area contributed by atoms with Crippen LogP contribution in [-0.4, -0.2) is 28.0 Å². The zero-order chi connectivity index (χ0) is 12.3. The molecule has 0 atom stereocenters. The number of benzene rings is 1. The van der Waals surface area contributed by atoms with Crippen LogP contribution in [0.4, 0.5) is 0 Å². The van der Waals surface area contributed by atoms with Crippen LogP contribution < -0.4 is 0 Å². The van der Waals surface area contributed by atoms with Crippen LogP contribution in [0.1, 0.15) is 23.0 Å². The van der Waals surface area contributed by atoms with Crippen molar-refractivity contribution < 1.29 is 9.53 Å². The van der Waals surface area contributed by atoms with Crippen molar-refractivity contribution in [3.63, 3.8) is 0 Å². The second kappa shape index (κ2) is 4.78. The van der Waals surface area contributed by atoms with Crippen molar-refractivity contribution in [1.29, 1.82) is 0 Å². The number of nitrogens with zero attached hydrogens (tertiary/aromatic N) is 2. The Hall–Kier alpha value is -2.17. The van der Waals surface area contributed by atoms with Crippen molar-refractivity contribution in [1.82, 2.24) is 15.4 Å². The summed E-state index contributed by atoms with van der Waals surface area (Å²) in [6.45, 7) is 4.03. The third kappa shape index (κ3) is 2.18. The van der Waals surface area contributed by atoms with Crippen molar-refractivity contribution in [2.75, 3.05) is 6.61 Å². The molecular weight excluding hydrogens is 218 g/mol. The molecule has 0 spiro atoms. The first-order chi connectivity index (χ1) is 8.24. The third-order valence-electron chi connectivity index (χ3n) is 2.42. The van der Waals surface area contributed by atoms with Gasteiger partial charge in [0.1, 0.15) is 5.69 Å². The maximum atomic E-state index is 11.7. The number of aryl methyl sites for hydroxylation is 1. The van der Waals surface area contributed by atoms with Crippen LogP contribution in [0.2, 0.25) is 0 Å². The predicted molar refractivity (Wildman–Crippen MR) is 62.5 cm³/mol. The zero-order valence-electron chi connectivity index (χ0n) is 9.73. The second-order valence-corrected chi connectivity index (χ2v) is 3.56. The van der Waals surface area contributed by atoms with Gasteiger partial charge in [0.2, 0.25) is 0 Å². The average Bonchev–Trinajstić information content (AvgIpc) is 2.79. The number of aromatic amines is 1. The van der Waals surface area contributed by atoms with E-state index in [9.17, 15) is 4.79 Å². The minimum Gasteiger partial charge on any atom is -0.461 e. The van der Waals surface area contributed by atoms with Gasteiger partial charge in [0, 0.05) is 5.56 Å². The van der Waals surface area contributed by atoms with Gasteiger partial charge < -0.3 is 4.74 Å². The number of esters is 1. The Balaban J connectivity index is 2.44. The van der Waals surface area contributed by atoms with E-state index in [-0.39, 0.29) is 5.69 Å². The highest BCUT2D eigenvalue weighted by molar-refractivity contribution is 5.94. The van der Waals surface area contributed by atoms with Crippen molar-refractivity contribution in [3.8, 4) is 11.3 Å². The van der Waals surface area contributed by atoms with E-state index < -0.39 is 5.97 Å². The first-order valence-electron chi connectivity index (χ1n) is 5.38. The van der Waals surface area contributed by atoms with E-state index in [1.165, 1.54) is 0 Å². The van der Waals surface area contributed by atoms with Crippen molar-refractivity contribution in [2.24, 2.45) is 0 Å². The molecule has 0 saturated carbocycles. The van der Waals surface area contributed by atoms with Crippen LogP contribution in [0.3, 0.4) is 0 Å². The smallest absolute Gasteiger partial charge is 0.361 e. The second-order valence-electron chi connectivity index (χ2n) is 3.56. The van der Waals surface area contributed by atoms with Crippen molar-refractivity contribution in [2.45, 2.75) is 13.8 Å². The number of carbonyl (C=O) groups is 1. The molecule has 1 aromatic carbocycles. The molecule has 0 aliphatic rings. The number of rotatable bonds is 3. The summed E-state index contributed by atoms with van der Waals surface area (Å²) in [4.78, 5) is 11.7. The summed E-state index contributed by atoms with van der Waals surface area (Å²) in [5.41, 5.74) is 2.67. The number of carbonyl (C=O) groups excluding carboxylic acids is 1. The molecule has 0 saturated heterocycles. The number of hydrogen-bond donors (Lipinski definition) is 1. The molecule has 0 aliphatic carbocycles. The lowest BCUT2D eigenvalue weighted by Gasteiger charge is -2.03. The quantitative estimate of drug-likeness (QED) is 0.820. The molecule has 88 valence electrons. The molecule has 17 heavy (non-hydrogen) atoms. The summed E-state index contributed by atoms with van der Waals surface area (Å²) in [6, 6.07) is 7.68. The van der Waals surface area contributed by atoms with Crippen LogP contribution in [0.15, 0.2) is 24.3 Å². The van der Waals surface area contributed by atoms with Gasteiger partial charge in [-0.2, -0.15) is 10.3 Å². The average molecular weight is 231 g/mol. The molecule has 0 fully saturated rings. The summed E-state index contributed by atoms with van der Waals surface area (Å²) in [6.07, 6.45) is 0. The van der Waals surface area contributed by atoms with Crippen LogP contribution in [-0.2, 0) is 4.74 Å². The van der Waals surface area contributed by atoms with Gasteiger partial charge in [-0.05, 0) is 19.4 Å². The van der Waals surface area contributed by atoms with Gasteiger partial charge in [-0.3, -0.25) is 0 Å². The van der Waals surface area contributed by atoms with Crippen molar-refractivity contribution in [3.05, 3.63) is 35.5 Å². The fraction of sp³-hybridized carbons (Fsp3) is 0.250. The molecule has 0 bridgehead atoms. The topological polar surface area (TPSA) is 67.9 Å². The monoisotopic (exact) mass is 231 g/mol. The highest BCUT2D eigenvalue weighted by Crippen LogP contribution is 2.23. The molecule has 5 heteroatoms. The van der Waals surface area contributed by atoms with Gasteiger partial charge in [-0.1, -0.05) is 24.3 Å². The van der Waals surface area contributed by atoms with Gasteiger partial charge >= 0.3 is 5.97 Å². The standard InChI is InChI=1S/C12H13N3O2/c1-3-17-12(16)11-10(13-15-14-11)9-7-5-4-6-8(9)2/h4-7H,3H2,1-2H3,(H,13,14,15). The Labute approximate surface area is 98.8 Å². The largest absolute Gasteiger partial charge is 0.461 e. The van der Waals surface area contributed by atoms with Crippen molar-refractivity contribution >= 4 is 5.97 Å². The molecule has 1 heterocycles. The number of nitrogens with one attached hydrogen (secondary N) is 1. The summed E-state index contributed by atoms with van der Waals surface area (Å²) in [7, 11) is 0. The Morgan fingerprint density at radius 1 is 1.35 bits per heavy atom. The highest BCUT2D eigenvalue weighted by Gasteiger charge is 2.19. The van der Waals surface area contributed by atoms with E-state index in [1.54, 1.807) is 6.92 Å². The lowest BCUT2D eigenvalue weighted by molar-refractivity contribution is 0.0520. The Kier molecular flexibility index (Phi) is 3.18. The fourth-order valence-corrected chi connectivity index (χ4v) is 1.60. The van der Waals surface area contributed by atoms with Gasteiger partial charge in [0.05, 0.1) is 6.61 Å². The van der Waals surface area contributed by atoms with E-state index in [0.29, 0.717) is 12.3 Å².